The van der Waals surface area contributed by atoms with Gasteiger partial charge < -0.3 is 14.9 Å². The van der Waals surface area contributed by atoms with Crippen molar-refractivity contribution in [3.63, 3.8) is 0 Å². The Bertz CT molecular complexity index is 1160. The maximum absolute atomic E-state index is 11.3. The van der Waals surface area contributed by atoms with Gasteiger partial charge in [0.2, 0.25) is 5.88 Å². The molecule has 0 aliphatic heterocycles. The van der Waals surface area contributed by atoms with Crippen LogP contribution in [0.5, 0.6) is 0 Å². The van der Waals surface area contributed by atoms with E-state index >= 15 is 0 Å². The zero-order valence-electron chi connectivity index (χ0n) is 18.4. The molecule has 2 N–H and O–H groups in total. The Kier molecular flexibility index (Phi) is 7.29. The van der Waals surface area contributed by atoms with E-state index in [1.54, 1.807) is 0 Å². The van der Waals surface area contributed by atoms with Gasteiger partial charge in [-0.3, -0.25) is 0 Å². The number of ether oxygens (including phenoxy) is 1. The summed E-state index contributed by atoms with van der Waals surface area (Å²) >= 11 is 0. The van der Waals surface area contributed by atoms with E-state index in [0.717, 1.165) is 11.1 Å². The van der Waals surface area contributed by atoms with Gasteiger partial charge in [0.15, 0.2) is 5.82 Å². The number of aliphatic hydroxyl groups excluding tert-OH is 2. The van der Waals surface area contributed by atoms with Crippen molar-refractivity contribution in [2.45, 2.75) is 25.0 Å². The van der Waals surface area contributed by atoms with Gasteiger partial charge in [0.1, 0.15) is 12.4 Å². The van der Waals surface area contributed by atoms with E-state index in [2.05, 4.69) is 10.1 Å². The molecule has 0 aliphatic carbocycles. The number of aliphatic hydroxyl groups is 2. The SMILES string of the molecule is CCO/C(=C\C(c1ccccc1)C(O)c1ccccc1)n1ncnc1C(O)c1ccccc1. The molecular formula is C27H27N3O3. The number of hydrogen-bond donors (Lipinski definition) is 2. The van der Waals surface area contributed by atoms with Crippen molar-refractivity contribution in [3.05, 3.63) is 126 Å². The summed E-state index contributed by atoms with van der Waals surface area (Å²) < 4.78 is 7.45. The molecule has 0 amide bonds. The van der Waals surface area contributed by atoms with Crippen LogP contribution in [0.4, 0.5) is 0 Å². The largest absolute Gasteiger partial charge is 0.478 e. The summed E-state index contributed by atoms with van der Waals surface area (Å²) in [5.41, 5.74) is 2.42. The average molecular weight is 442 g/mol. The van der Waals surface area contributed by atoms with Crippen molar-refractivity contribution in [2.24, 2.45) is 0 Å². The minimum absolute atomic E-state index is 0.335. The molecule has 0 saturated heterocycles. The van der Waals surface area contributed by atoms with E-state index < -0.39 is 18.1 Å². The van der Waals surface area contributed by atoms with Crippen LogP contribution >= 0.6 is 0 Å². The highest BCUT2D eigenvalue weighted by atomic mass is 16.5. The number of nitrogens with zero attached hydrogens (tertiary/aromatic N) is 3. The Hall–Kier alpha value is -3.74. The first kappa shape index (κ1) is 22.5. The summed E-state index contributed by atoms with van der Waals surface area (Å²) in [7, 11) is 0. The van der Waals surface area contributed by atoms with Crippen LogP contribution in [-0.4, -0.2) is 31.6 Å². The van der Waals surface area contributed by atoms with Crippen molar-refractivity contribution in [3.8, 4) is 0 Å². The third kappa shape index (κ3) is 5.19. The van der Waals surface area contributed by atoms with Crippen LogP contribution in [0.3, 0.4) is 0 Å². The molecule has 0 aliphatic rings. The van der Waals surface area contributed by atoms with Gasteiger partial charge >= 0.3 is 0 Å². The van der Waals surface area contributed by atoms with Crippen LogP contribution in [0.2, 0.25) is 0 Å². The molecule has 1 heterocycles. The molecule has 33 heavy (non-hydrogen) atoms. The molecule has 0 saturated carbocycles. The Morgan fingerprint density at radius 2 is 1.39 bits per heavy atom. The molecule has 0 bridgehead atoms. The lowest BCUT2D eigenvalue weighted by molar-refractivity contribution is 0.159. The maximum atomic E-state index is 11.3. The van der Waals surface area contributed by atoms with Gasteiger partial charge in [-0.15, -0.1) is 0 Å². The van der Waals surface area contributed by atoms with Crippen LogP contribution in [0.15, 0.2) is 103 Å². The molecule has 3 atom stereocenters. The van der Waals surface area contributed by atoms with E-state index in [9.17, 15) is 10.2 Å². The zero-order chi connectivity index (χ0) is 23.0. The molecule has 3 aromatic carbocycles. The number of hydrogen-bond acceptors (Lipinski definition) is 5. The minimum Gasteiger partial charge on any atom is -0.478 e. The highest BCUT2D eigenvalue weighted by Gasteiger charge is 2.25. The molecular weight excluding hydrogens is 414 g/mol. The van der Waals surface area contributed by atoms with E-state index in [4.69, 9.17) is 4.74 Å². The lowest BCUT2D eigenvalue weighted by atomic mass is 9.89. The predicted molar refractivity (Wildman–Crippen MR) is 127 cm³/mol. The Balaban J connectivity index is 1.78. The second-order valence-corrected chi connectivity index (χ2v) is 7.57. The highest BCUT2D eigenvalue weighted by molar-refractivity contribution is 5.44. The van der Waals surface area contributed by atoms with Gasteiger partial charge in [-0.05, 0) is 29.7 Å². The fourth-order valence-electron chi connectivity index (χ4n) is 3.77. The fourth-order valence-corrected chi connectivity index (χ4v) is 3.77. The smallest absolute Gasteiger partial charge is 0.212 e. The molecule has 1 aromatic heterocycles. The van der Waals surface area contributed by atoms with Crippen LogP contribution in [0, 0.1) is 0 Å². The standard InChI is InChI=1S/C27H27N3O3/c1-2-33-24(30-27(28-19-29-30)26(32)22-16-10-5-11-17-22)18-23(20-12-6-3-7-13-20)25(31)21-14-8-4-9-15-21/h3-19,23,25-26,31-32H,2H2,1H3/b24-18-. The lowest BCUT2D eigenvalue weighted by Crippen LogP contribution is -2.16. The zero-order valence-corrected chi connectivity index (χ0v) is 18.4. The lowest BCUT2D eigenvalue weighted by Gasteiger charge is -2.23. The van der Waals surface area contributed by atoms with Crippen LogP contribution in [0.25, 0.3) is 5.88 Å². The molecule has 4 rings (SSSR count). The number of benzene rings is 3. The van der Waals surface area contributed by atoms with E-state index in [1.165, 1.54) is 11.0 Å². The summed E-state index contributed by atoms with van der Waals surface area (Å²) in [6.07, 6.45) is 1.44. The van der Waals surface area contributed by atoms with Gasteiger partial charge in [0.05, 0.1) is 12.7 Å². The summed E-state index contributed by atoms with van der Waals surface area (Å²) in [5.74, 6) is 0.312. The Morgan fingerprint density at radius 3 is 1.97 bits per heavy atom. The van der Waals surface area contributed by atoms with Gasteiger partial charge in [-0.2, -0.15) is 9.78 Å². The van der Waals surface area contributed by atoms with Crippen molar-refractivity contribution in [1.82, 2.24) is 14.8 Å². The number of rotatable bonds is 9. The van der Waals surface area contributed by atoms with Crippen molar-refractivity contribution < 1.29 is 14.9 Å². The molecule has 6 heteroatoms. The average Bonchev–Trinajstić information content (AvgIpc) is 3.37. The van der Waals surface area contributed by atoms with E-state index in [1.807, 2.05) is 104 Å². The molecule has 6 nitrogen and oxygen atoms in total. The van der Waals surface area contributed by atoms with E-state index in [0.29, 0.717) is 23.9 Å². The molecule has 3 unspecified atom stereocenters. The van der Waals surface area contributed by atoms with Gasteiger partial charge in [-0.25, -0.2) is 4.98 Å². The Morgan fingerprint density at radius 1 is 0.848 bits per heavy atom. The normalized spacial score (nSPS) is 14.5. The first-order valence-electron chi connectivity index (χ1n) is 10.9. The van der Waals surface area contributed by atoms with Crippen LogP contribution in [-0.2, 0) is 4.74 Å². The molecule has 168 valence electrons. The third-order valence-electron chi connectivity index (χ3n) is 5.42. The Labute approximate surface area is 193 Å². The van der Waals surface area contributed by atoms with Gasteiger partial charge in [0.25, 0.3) is 0 Å². The molecule has 0 spiro atoms. The first-order valence-corrected chi connectivity index (χ1v) is 10.9. The predicted octanol–water partition coefficient (Wildman–Crippen LogP) is 4.71. The van der Waals surface area contributed by atoms with Gasteiger partial charge in [-0.1, -0.05) is 91.0 Å². The van der Waals surface area contributed by atoms with Crippen LogP contribution in [0.1, 0.15) is 47.6 Å². The topological polar surface area (TPSA) is 80.4 Å². The monoisotopic (exact) mass is 441 g/mol. The summed E-state index contributed by atoms with van der Waals surface area (Å²) in [6, 6.07) is 28.6. The first-order chi connectivity index (χ1) is 16.2. The van der Waals surface area contributed by atoms with Crippen molar-refractivity contribution in [1.29, 1.82) is 0 Å². The van der Waals surface area contributed by atoms with Crippen molar-refractivity contribution in [2.75, 3.05) is 6.61 Å². The maximum Gasteiger partial charge on any atom is 0.212 e. The molecule has 0 fully saturated rings. The van der Waals surface area contributed by atoms with Crippen LogP contribution < -0.4 is 0 Å². The second kappa shape index (κ2) is 10.7. The van der Waals surface area contributed by atoms with Crippen molar-refractivity contribution >= 4 is 5.88 Å². The summed E-state index contributed by atoms with van der Waals surface area (Å²) in [5, 5.41) is 26.6. The minimum atomic E-state index is -0.980. The summed E-state index contributed by atoms with van der Waals surface area (Å²) in [4.78, 5) is 4.30. The fraction of sp³-hybridized carbons (Fsp3) is 0.185. The molecule has 0 radical (unpaired) electrons. The number of aromatic nitrogens is 3. The third-order valence-corrected chi connectivity index (χ3v) is 5.42. The van der Waals surface area contributed by atoms with Gasteiger partial charge in [0, 0.05) is 5.92 Å². The highest BCUT2D eigenvalue weighted by Crippen LogP contribution is 2.34. The quantitative estimate of drug-likeness (QED) is 0.368. The molecule has 4 aromatic rings. The van der Waals surface area contributed by atoms with E-state index in [-0.39, 0.29) is 0 Å². The second-order valence-electron chi connectivity index (χ2n) is 7.57. The summed E-state index contributed by atoms with van der Waals surface area (Å²) in [6.45, 7) is 2.26.